The lowest BCUT2D eigenvalue weighted by Crippen LogP contribution is -2.59. The first-order valence-corrected chi connectivity index (χ1v) is 33.7. The molecule has 10 aliphatic heterocycles. The summed E-state index contributed by atoms with van der Waals surface area (Å²) >= 11 is 0. The van der Waals surface area contributed by atoms with Crippen LogP contribution in [0.5, 0.6) is 0 Å². The Morgan fingerprint density at radius 2 is 0.373 bits per heavy atom. The van der Waals surface area contributed by atoms with Gasteiger partial charge in [0, 0.05) is 0 Å². The summed E-state index contributed by atoms with van der Waals surface area (Å²) in [6.07, 6.45) is -61.2. The molecular weight excluding hydrogens is 1400 g/mol. The monoisotopic (exact) mass is 1500 g/mol. The summed E-state index contributed by atoms with van der Waals surface area (Å²) in [4.78, 5) is 0. The van der Waals surface area contributed by atoms with Gasteiger partial charge in [-0.3, -0.25) is 0 Å². The topological polar surface area (TPSA) is 672 Å². The van der Waals surface area contributed by atoms with Gasteiger partial charge in [0.15, 0.2) is 50.3 Å². The molecule has 10 aliphatic rings. The summed E-state index contributed by atoms with van der Waals surface area (Å²) in [5.41, 5.74) is 0. The van der Waals surface area contributed by atoms with Crippen LogP contribution in [0.25, 0.3) is 0 Å². The molecule has 10 rings (SSSR count). The molecule has 0 aromatic heterocycles. The zero-order valence-corrected chi connectivity index (χ0v) is 56.4. The first-order chi connectivity index (χ1) is 48.4. The molecule has 0 radical (unpaired) electrons. The lowest BCUT2D eigenvalue weighted by atomic mass is 9.99. The molecule has 43 heteroatoms. The van der Waals surface area contributed by atoms with Gasteiger partial charge in [-0.15, -0.1) is 0 Å². The van der Waals surface area contributed by atoms with Gasteiger partial charge in [0.2, 0.25) is 0 Å². The molecule has 10 heterocycles. The summed E-state index contributed by atoms with van der Waals surface area (Å²) in [5.74, 6) is 0. The van der Waals surface area contributed by atoms with E-state index in [1.165, 1.54) is 6.92 Å². The molecule has 10 saturated heterocycles. The zero-order valence-electron chi connectivity index (χ0n) is 56.4. The molecule has 102 heavy (non-hydrogen) atoms. The van der Waals surface area contributed by atoms with E-state index >= 15 is 0 Å². The summed E-state index contributed by atoms with van der Waals surface area (Å²) < 4.78 is 98.8. The van der Waals surface area contributed by atoms with E-state index in [0.717, 1.165) is 0 Å². The molecule has 0 aromatic rings. The lowest BCUT2D eigenvalue weighted by Gasteiger charge is -2.39. The Bertz CT molecular complexity index is 2380. The minimum Gasteiger partial charge on any atom is -0.394 e. The van der Waals surface area contributed by atoms with Crippen molar-refractivity contribution in [2.24, 2.45) is 0 Å². The van der Waals surface area contributed by atoms with Crippen LogP contribution in [0.4, 0.5) is 0 Å². The van der Waals surface area contributed by atoms with Gasteiger partial charge in [0.25, 0.3) is 0 Å². The molecule has 43 atom stereocenters. The third-order valence-corrected chi connectivity index (χ3v) is 18.6. The number of hydrogen-bond donors (Lipinski definition) is 25. The Morgan fingerprint density at radius 3 is 0.618 bits per heavy atom. The smallest absolute Gasteiger partial charge is 0.187 e. The van der Waals surface area contributed by atoms with Crippen molar-refractivity contribution in [3.05, 3.63) is 0 Å². The van der Waals surface area contributed by atoms with Crippen LogP contribution < -0.4 is 0 Å². The molecule has 0 spiro atoms. The van der Waals surface area contributed by atoms with Crippen LogP contribution in [0.2, 0.25) is 0 Å². The van der Waals surface area contributed by atoms with Crippen molar-refractivity contribution in [2.75, 3.05) is 66.1 Å². The Hall–Kier alpha value is -1.72. The number of rotatable bonds is 26. The second kappa shape index (κ2) is 39.8. The maximum absolute atomic E-state index is 10.9. The summed E-state index contributed by atoms with van der Waals surface area (Å²) in [5, 5.41) is 254. The fourth-order valence-corrected chi connectivity index (χ4v) is 12.3. The molecule has 25 N–H and O–H groups in total. The highest BCUT2D eigenvalue weighted by Crippen LogP contribution is 2.36. The van der Waals surface area contributed by atoms with E-state index in [4.69, 9.17) is 85.3 Å². The minimum atomic E-state index is -1.74. The Morgan fingerprint density at radius 1 is 0.196 bits per heavy atom. The average molecular weight is 1500 g/mol. The van der Waals surface area contributed by atoms with Crippen LogP contribution in [0, 0.1) is 0 Å². The second-order valence-electron chi connectivity index (χ2n) is 25.4. The number of hydrogen-bond acceptors (Lipinski definition) is 43. The molecule has 43 nitrogen and oxygen atoms in total. The van der Waals surface area contributed by atoms with E-state index in [9.17, 15) is 128 Å². The standard InChI is InChI=1S/C38H64O30.C17H30O13.2C2H6/c1-9-17(41)32(68-38-29(53)23(47)15(67-38)7-57-34-27(51)21(45)14(65-34)6-59-37-31(55)25(49)19(43)11(3-40)63-37)16(61-9)8-60-35-28(52)22(46)12(66-35)4-56-33-26(50)20(44)13(64-33)5-58-36-30(54)24(48)18(42)10(2-39)62-36;1-5-9(19)11(21)7(28-5)3-26-16-14(24)12(22)8(30-16)4-27-17-15(25)13(23)10(20)6(2-18)29-17;2*1-2/h9-55H,2-8H2,1H3;5-25H,2-4H2,1H3;2*1-2H3/t;5?,6?,7?,8?,9?,10-,11?,12?,13+,14?,15?,16?,17+;;/m.1../s1. The quantitative estimate of drug-likeness (QED) is 0.0382. The van der Waals surface area contributed by atoms with Crippen molar-refractivity contribution >= 4 is 0 Å². The fraction of sp³-hybridized carbons (Fsp3) is 1.00. The average Bonchev–Trinajstić information content (AvgIpc) is 1.69. The maximum atomic E-state index is 10.9. The molecule has 0 aromatic carbocycles. The SMILES string of the molecule is CC.CC.CC1OC(COC2OC(COC3OC(COC4OC(CO)C(O)C(O)C4O)C(O)C3O)C(O)C2O)C(OC2OC(COC3OC(COC4OC(CO)C(O)C(O)C4O)C(O)C3O)C(O)C2O)C1O.CC1OC(COC2OC(CO[C@H]3OC(CO)[C@@H](O)[C@H](O)C3O)C(O)C2O)C(O)C1O. The van der Waals surface area contributed by atoms with E-state index in [-0.39, 0.29) is 13.2 Å². The predicted octanol–water partition coefficient (Wildman–Crippen LogP) is -15.2. The highest BCUT2D eigenvalue weighted by Gasteiger charge is 2.56. The first kappa shape index (κ1) is 87.5. The second-order valence-corrected chi connectivity index (χ2v) is 25.4. The normalized spacial score (nSPS) is 50.9. The Labute approximate surface area is 583 Å². The minimum absolute atomic E-state index is 0.211. The third kappa shape index (κ3) is 20.1. The zero-order chi connectivity index (χ0) is 75.6. The van der Waals surface area contributed by atoms with Crippen LogP contribution >= 0.6 is 0 Å². The summed E-state index contributed by atoms with van der Waals surface area (Å²) in [7, 11) is 0. The van der Waals surface area contributed by atoms with E-state index in [2.05, 4.69) is 0 Å². The van der Waals surface area contributed by atoms with Gasteiger partial charge in [0.05, 0.1) is 78.3 Å². The molecule has 0 saturated carbocycles. The van der Waals surface area contributed by atoms with Gasteiger partial charge >= 0.3 is 0 Å². The van der Waals surface area contributed by atoms with Crippen LogP contribution in [-0.4, -0.2) is 458 Å². The van der Waals surface area contributed by atoms with E-state index in [1.54, 1.807) is 6.92 Å². The Balaban J connectivity index is 0.000000357. The van der Waals surface area contributed by atoms with E-state index in [1.807, 2.05) is 27.7 Å². The Kier molecular flexibility index (Phi) is 34.1. The summed E-state index contributed by atoms with van der Waals surface area (Å²) in [6.45, 7) is 5.91. The largest absolute Gasteiger partial charge is 0.394 e. The van der Waals surface area contributed by atoms with Crippen molar-refractivity contribution in [1.29, 1.82) is 0 Å². The molecule has 600 valence electrons. The fourth-order valence-electron chi connectivity index (χ4n) is 12.3. The van der Waals surface area contributed by atoms with Crippen molar-refractivity contribution in [1.82, 2.24) is 0 Å². The van der Waals surface area contributed by atoms with Gasteiger partial charge in [0.1, 0.15) is 201 Å². The van der Waals surface area contributed by atoms with Gasteiger partial charge in [-0.2, -0.15) is 0 Å². The van der Waals surface area contributed by atoms with Crippen LogP contribution in [0.1, 0.15) is 41.5 Å². The van der Waals surface area contributed by atoms with Crippen LogP contribution in [-0.2, 0) is 85.3 Å². The van der Waals surface area contributed by atoms with E-state index < -0.39 is 317 Å². The molecule has 0 amide bonds. The lowest BCUT2D eigenvalue weighted by molar-refractivity contribution is -0.307. The van der Waals surface area contributed by atoms with Crippen molar-refractivity contribution in [3.8, 4) is 0 Å². The number of aliphatic hydroxyl groups is 25. The highest BCUT2D eigenvalue weighted by atomic mass is 16.8. The molecule has 40 unspecified atom stereocenters. The highest BCUT2D eigenvalue weighted by molar-refractivity contribution is 4.98. The molecule has 0 bridgehead atoms. The van der Waals surface area contributed by atoms with E-state index in [0.29, 0.717) is 0 Å². The van der Waals surface area contributed by atoms with Crippen LogP contribution in [0.3, 0.4) is 0 Å². The van der Waals surface area contributed by atoms with Gasteiger partial charge in [-0.25, -0.2) is 0 Å². The molecule has 10 fully saturated rings. The number of ether oxygens (including phenoxy) is 18. The maximum Gasteiger partial charge on any atom is 0.187 e. The van der Waals surface area contributed by atoms with Gasteiger partial charge < -0.3 is 213 Å². The van der Waals surface area contributed by atoms with Gasteiger partial charge in [-0.1, -0.05) is 27.7 Å². The van der Waals surface area contributed by atoms with Crippen LogP contribution in [0.15, 0.2) is 0 Å². The first-order valence-electron chi connectivity index (χ1n) is 33.7. The third-order valence-electron chi connectivity index (χ3n) is 18.6. The summed E-state index contributed by atoms with van der Waals surface area (Å²) in [6, 6.07) is 0. The van der Waals surface area contributed by atoms with Crippen molar-refractivity contribution < 1.29 is 213 Å². The molecule has 0 aliphatic carbocycles. The predicted molar refractivity (Wildman–Crippen MR) is 321 cm³/mol. The number of aliphatic hydroxyl groups excluding tert-OH is 25. The molecular formula is C59H106O43. The van der Waals surface area contributed by atoms with Crippen molar-refractivity contribution in [2.45, 2.75) is 306 Å². The van der Waals surface area contributed by atoms with Gasteiger partial charge in [-0.05, 0) is 13.8 Å². The van der Waals surface area contributed by atoms with Crippen molar-refractivity contribution in [3.63, 3.8) is 0 Å².